The number of amides is 1. The lowest BCUT2D eigenvalue weighted by atomic mass is 9.83. The van der Waals surface area contributed by atoms with Gasteiger partial charge in [0.05, 0.1) is 19.0 Å². The zero-order valence-corrected chi connectivity index (χ0v) is 17.1. The monoisotopic (exact) mass is 407 g/mol. The van der Waals surface area contributed by atoms with Crippen LogP contribution >= 0.6 is 0 Å². The maximum atomic E-state index is 12.9. The smallest absolute Gasteiger partial charge is 0.261 e. The van der Waals surface area contributed by atoms with E-state index in [0.717, 1.165) is 24.7 Å². The molecule has 1 saturated carbocycles. The van der Waals surface area contributed by atoms with E-state index >= 15 is 0 Å². The van der Waals surface area contributed by atoms with Crippen LogP contribution in [0.5, 0.6) is 0 Å². The molecule has 2 atom stereocenters. The molecule has 2 aliphatic carbocycles. The highest BCUT2D eigenvalue weighted by molar-refractivity contribution is 6.00. The summed E-state index contributed by atoms with van der Waals surface area (Å²) in [5.41, 5.74) is 1.48. The Morgan fingerprint density at radius 3 is 2.90 bits per heavy atom. The van der Waals surface area contributed by atoms with E-state index in [4.69, 9.17) is 14.5 Å². The van der Waals surface area contributed by atoms with E-state index in [9.17, 15) is 4.79 Å². The largest absolute Gasteiger partial charge is 0.495 e. The van der Waals surface area contributed by atoms with Gasteiger partial charge in [0.25, 0.3) is 5.91 Å². The summed E-state index contributed by atoms with van der Waals surface area (Å²) in [4.78, 5) is 22.0. The van der Waals surface area contributed by atoms with Gasteiger partial charge >= 0.3 is 0 Å². The summed E-state index contributed by atoms with van der Waals surface area (Å²) in [6, 6.07) is 1.65. The van der Waals surface area contributed by atoms with Gasteiger partial charge < -0.3 is 14.8 Å². The molecule has 2 unspecified atom stereocenters. The second-order valence-corrected chi connectivity index (χ2v) is 8.21. The molecule has 2 aromatic rings. The van der Waals surface area contributed by atoms with Crippen molar-refractivity contribution in [2.45, 2.75) is 44.8 Å². The Morgan fingerprint density at radius 1 is 1.27 bits per heavy atom. The third kappa shape index (κ3) is 3.36. The molecule has 0 spiro atoms. The Bertz CT molecular complexity index is 1060. The number of ether oxygens (including phenoxy) is 2. The van der Waals surface area contributed by atoms with Crippen LogP contribution in [0.4, 0.5) is 0 Å². The molecule has 3 aliphatic rings. The molecule has 2 aromatic heterocycles. The van der Waals surface area contributed by atoms with Gasteiger partial charge in [-0.15, -0.1) is 0 Å². The van der Waals surface area contributed by atoms with Crippen molar-refractivity contribution < 1.29 is 14.3 Å². The van der Waals surface area contributed by atoms with Gasteiger partial charge in [0.1, 0.15) is 23.5 Å². The van der Waals surface area contributed by atoms with Crippen LogP contribution in [-0.4, -0.2) is 45.7 Å². The van der Waals surface area contributed by atoms with E-state index in [0.29, 0.717) is 28.6 Å². The molecule has 30 heavy (non-hydrogen) atoms. The zero-order chi connectivity index (χ0) is 20.7. The fourth-order valence-electron chi connectivity index (χ4n) is 4.38. The average molecular weight is 407 g/mol. The molecule has 1 amide bonds. The average Bonchev–Trinajstić information content (AvgIpc) is 3.37. The Hall–Kier alpha value is -3.16. The third-order valence-electron chi connectivity index (χ3n) is 6.15. The first-order valence-electron chi connectivity index (χ1n) is 10.4. The molecule has 1 fully saturated rings. The topological polar surface area (TPSA) is 90.1 Å². The van der Waals surface area contributed by atoms with Crippen molar-refractivity contribution in [1.82, 2.24) is 19.9 Å². The molecular formula is C22H25N5O3. The van der Waals surface area contributed by atoms with Crippen molar-refractivity contribution in [2.75, 3.05) is 7.11 Å². The summed E-state index contributed by atoms with van der Waals surface area (Å²) in [7, 11) is 1.59. The number of aromatic nitrogens is 3. The molecule has 8 heteroatoms. The fraction of sp³-hybridized carbons (Fsp3) is 0.455. The summed E-state index contributed by atoms with van der Waals surface area (Å²) in [5, 5.41) is 7.11. The van der Waals surface area contributed by atoms with Crippen LogP contribution in [0.25, 0.3) is 5.65 Å². The van der Waals surface area contributed by atoms with E-state index in [1.54, 1.807) is 30.1 Å². The second-order valence-electron chi connectivity index (χ2n) is 8.21. The van der Waals surface area contributed by atoms with Gasteiger partial charge in [0, 0.05) is 18.3 Å². The molecular weight excluding hydrogens is 382 g/mol. The van der Waals surface area contributed by atoms with E-state index in [1.807, 2.05) is 12.2 Å². The Kier molecular flexibility index (Phi) is 4.77. The molecule has 0 radical (unpaired) electrons. The van der Waals surface area contributed by atoms with Crippen LogP contribution in [0, 0.1) is 11.8 Å². The summed E-state index contributed by atoms with van der Waals surface area (Å²) < 4.78 is 13.3. The number of hydrogen-bond donors (Lipinski definition) is 1. The lowest BCUT2D eigenvalue weighted by molar-refractivity contribution is 0.0962. The first-order chi connectivity index (χ1) is 14.6. The number of rotatable bonds is 4. The van der Waals surface area contributed by atoms with Crippen LogP contribution in [-0.2, 0) is 9.47 Å². The predicted octanol–water partition coefficient (Wildman–Crippen LogP) is 2.88. The number of methoxy groups -OCH3 is 1. The number of nitrogens with one attached hydrogen (secondary N) is 1. The van der Waals surface area contributed by atoms with Crippen molar-refractivity contribution >= 4 is 17.5 Å². The highest BCUT2D eigenvalue weighted by atomic mass is 16.5. The molecule has 0 aromatic carbocycles. The molecule has 0 bridgehead atoms. The van der Waals surface area contributed by atoms with Crippen LogP contribution < -0.4 is 5.32 Å². The van der Waals surface area contributed by atoms with Gasteiger partial charge in [-0.05, 0) is 49.8 Å². The maximum absolute atomic E-state index is 12.9. The van der Waals surface area contributed by atoms with Crippen LogP contribution in [0.15, 0.2) is 53.3 Å². The van der Waals surface area contributed by atoms with Crippen molar-refractivity contribution in [3.8, 4) is 0 Å². The Labute approximate surface area is 174 Å². The minimum Gasteiger partial charge on any atom is -0.495 e. The first-order valence-corrected chi connectivity index (χ1v) is 10.4. The van der Waals surface area contributed by atoms with Crippen molar-refractivity contribution in [1.29, 1.82) is 0 Å². The quantitative estimate of drug-likeness (QED) is 0.842. The summed E-state index contributed by atoms with van der Waals surface area (Å²) in [6.07, 6.45) is 13.2. The summed E-state index contributed by atoms with van der Waals surface area (Å²) in [5.74, 6) is 2.31. The SMILES string of the molecule is COC1=CC2N=C([C@H]3CC[C@H](C)CC3)OC2C=C1NC(=O)c1cnn2cccnc12. The maximum Gasteiger partial charge on any atom is 0.261 e. The molecule has 156 valence electrons. The number of aliphatic imine (C=N–C) groups is 1. The van der Waals surface area contributed by atoms with Crippen molar-refractivity contribution in [3.05, 3.63) is 53.8 Å². The first kappa shape index (κ1) is 18.8. The lowest BCUT2D eigenvalue weighted by Crippen LogP contribution is -2.31. The van der Waals surface area contributed by atoms with Crippen LogP contribution in [0.3, 0.4) is 0 Å². The molecule has 1 N–H and O–H groups in total. The van der Waals surface area contributed by atoms with Gasteiger partial charge in [0.2, 0.25) is 0 Å². The lowest BCUT2D eigenvalue weighted by Gasteiger charge is -2.26. The van der Waals surface area contributed by atoms with Crippen molar-refractivity contribution in [2.24, 2.45) is 16.8 Å². The van der Waals surface area contributed by atoms with Crippen molar-refractivity contribution in [3.63, 3.8) is 0 Å². The highest BCUT2D eigenvalue weighted by Crippen LogP contribution is 2.34. The number of carbonyl (C=O) groups excluding carboxylic acids is 1. The van der Waals surface area contributed by atoms with Gasteiger partial charge in [-0.3, -0.25) is 4.79 Å². The van der Waals surface area contributed by atoms with E-state index in [1.165, 1.54) is 19.0 Å². The molecule has 3 heterocycles. The predicted molar refractivity (Wildman–Crippen MR) is 111 cm³/mol. The van der Waals surface area contributed by atoms with E-state index < -0.39 is 0 Å². The second kappa shape index (κ2) is 7.59. The zero-order valence-electron chi connectivity index (χ0n) is 17.1. The van der Waals surface area contributed by atoms with E-state index in [-0.39, 0.29) is 18.1 Å². The Morgan fingerprint density at radius 2 is 2.10 bits per heavy atom. The van der Waals surface area contributed by atoms with Gasteiger partial charge in [0.15, 0.2) is 11.5 Å². The van der Waals surface area contributed by atoms with Gasteiger partial charge in [-0.25, -0.2) is 14.5 Å². The molecule has 1 aliphatic heterocycles. The third-order valence-corrected chi connectivity index (χ3v) is 6.15. The normalized spacial score (nSPS) is 28.1. The molecule has 5 rings (SSSR count). The summed E-state index contributed by atoms with van der Waals surface area (Å²) >= 11 is 0. The van der Waals surface area contributed by atoms with Gasteiger partial charge in [-0.1, -0.05) is 6.92 Å². The minimum absolute atomic E-state index is 0.117. The Balaban J connectivity index is 1.34. The number of carbonyl (C=O) groups is 1. The highest BCUT2D eigenvalue weighted by Gasteiger charge is 2.37. The van der Waals surface area contributed by atoms with Crippen LogP contribution in [0.1, 0.15) is 43.0 Å². The molecule has 0 saturated heterocycles. The minimum atomic E-state index is -0.295. The van der Waals surface area contributed by atoms with E-state index in [2.05, 4.69) is 22.3 Å². The number of hydrogen-bond acceptors (Lipinski definition) is 6. The fourth-order valence-corrected chi connectivity index (χ4v) is 4.38. The summed E-state index contributed by atoms with van der Waals surface area (Å²) in [6.45, 7) is 2.30. The van der Waals surface area contributed by atoms with Crippen LogP contribution in [0.2, 0.25) is 0 Å². The standard InChI is InChI=1S/C22H25N5O3/c1-13-4-6-14(7-5-13)22-26-17-10-18(29-2)16(11-19(17)30-22)25-21(28)15-12-24-27-9-3-8-23-20(15)27/h3,8-14,17,19H,4-7H2,1-2H3,(H,25,28)/t13-,14-,17?,19?. The number of nitrogens with zero attached hydrogens (tertiary/aromatic N) is 4. The molecule has 8 nitrogen and oxygen atoms in total. The van der Waals surface area contributed by atoms with Gasteiger partial charge in [-0.2, -0.15) is 5.10 Å². The number of fused-ring (bicyclic) bond motifs is 2.